The van der Waals surface area contributed by atoms with E-state index in [9.17, 15) is 14.3 Å². The molecule has 1 aliphatic rings. The van der Waals surface area contributed by atoms with Crippen molar-refractivity contribution < 1.29 is 19.0 Å². The Morgan fingerprint density at radius 2 is 2.18 bits per heavy atom. The second kappa shape index (κ2) is 4.29. The minimum absolute atomic E-state index is 0.0291. The average molecular weight is 303 g/mol. The smallest absolute Gasteiger partial charge is 0.314 e. The van der Waals surface area contributed by atoms with Crippen LogP contribution in [0.15, 0.2) is 16.6 Å². The third kappa shape index (κ3) is 1.73. The largest absolute Gasteiger partial charge is 0.493 e. The van der Waals surface area contributed by atoms with Crippen molar-refractivity contribution in [3.8, 4) is 5.75 Å². The fourth-order valence-electron chi connectivity index (χ4n) is 2.24. The molecule has 1 fully saturated rings. The number of carbonyl (C=O) groups is 1. The third-order valence-electron chi connectivity index (χ3n) is 3.39. The minimum atomic E-state index is -0.979. The highest BCUT2D eigenvalue weighted by Gasteiger charge is 2.48. The van der Waals surface area contributed by atoms with Gasteiger partial charge in [0.2, 0.25) is 0 Å². The maximum atomic E-state index is 13.9. The lowest BCUT2D eigenvalue weighted by Crippen LogP contribution is -2.42. The zero-order chi connectivity index (χ0) is 12.6. The monoisotopic (exact) mass is 302 g/mol. The number of rotatable bonds is 3. The maximum Gasteiger partial charge on any atom is 0.314 e. The molecule has 0 saturated heterocycles. The van der Waals surface area contributed by atoms with Gasteiger partial charge in [-0.05, 0) is 34.8 Å². The normalized spacial score (nSPS) is 17.4. The first-order chi connectivity index (χ1) is 8.03. The second-order valence-electron chi connectivity index (χ2n) is 4.18. The van der Waals surface area contributed by atoms with E-state index in [0.29, 0.717) is 18.4 Å². The quantitative estimate of drug-likeness (QED) is 0.933. The van der Waals surface area contributed by atoms with Crippen LogP contribution in [0.25, 0.3) is 0 Å². The molecular formula is C12H12BrFO3. The highest BCUT2D eigenvalue weighted by molar-refractivity contribution is 9.10. The van der Waals surface area contributed by atoms with Gasteiger partial charge in [0.15, 0.2) is 11.6 Å². The number of carboxylic acid groups (broad SMARTS) is 1. The first kappa shape index (κ1) is 12.4. The number of ether oxygens (including phenoxy) is 1. The highest BCUT2D eigenvalue weighted by Crippen LogP contribution is 2.48. The molecule has 0 radical (unpaired) electrons. The first-order valence-electron chi connectivity index (χ1n) is 5.29. The van der Waals surface area contributed by atoms with Gasteiger partial charge in [0, 0.05) is 5.56 Å². The van der Waals surface area contributed by atoms with Crippen molar-refractivity contribution in [2.45, 2.75) is 24.7 Å². The van der Waals surface area contributed by atoms with E-state index in [-0.39, 0.29) is 10.2 Å². The van der Waals surface area contributed by atoms with Crippen LogP contribution in [0.2, 0.25) is 0 Å². The van der Waals surface area contributed by atoms with Gasteiger partial charge in [0.05, 0.1) is 17.0 Å². The number of hydrogen-bond donors (Lipinski definition) is 1. The Kier molecular flexibility index (Phi) is 3.12. The van der Waals surface area contributed by atoms with E-state index in [0.717, 1.165) is 6.42 Å². The fraction of sp³-hybridized carbons (Fsp3) is 0.417. The molecule has 0 atom stereocenters. The van der Waals surface area contributed by atoms with E-state index in [1.165, 1.54) is 13.2 Å². The Morgan fingerprint density at radius 1 is 1.53 bits per heavy atom. The summed E-state index contributed by atoms with van der Waals surface area (Å²) in [5.74, 6) is -1.43. The van der Waals surface area contributed by atoms with Crippen molar-refractivity contribution in [3.05, 3.63) is 28.0 Å². The van der Waals surface area contributed by atoms with Crippen LogP contribution in [-0.4, -0.2) is 18.2 Å². The van der Waals surface area contributed by atoms with E-state index in [1.54, 1.807) is 6.07 Å². The van der Waals surface area contributed by atoms with Gasteiger partial charge >= 0.3 is 5.97 Å². The van der Waals surface area contributed by atoms with E-state index >= 15 is 0 Å². The summed E-state index contributed by atoms with van der Waals surface area (Å²) >= 11 is 3.06. The predicted octanol–water partition coefficient (Wildman–Crippen LogP) is 3.10. The molecule has 0 bridgehead atoms. The van der Waals surface area contributed by atoms with Gasteiger partial charge in [-0.25, -0.2) is 4.39 Å². The molecule has 0 amide bonds. The molecule has 1 aromatic carbocycles. The second-order valence-corrected chi connectivity index (χ2v) is 5.04. The third-order valence-corrected chi connectivity index (χ3v) is 4.00. The number of hydrogen-bond acceptors (Lipinski definition) is 2. The van der Waals surface area contributed by atoms with E-state index in [1.807, 2.05) is 0 Å². The summed E-state index contributed by atoms with van der Waals surface area (Å²) in [6, 6.07) is 3.15. The first-order valence-corrected chi connectivity index (χ1v) is 6.08. The van der Waals surface area contributed by atoms with Gasteiger partial charge in [0.1, 0.15) is 0 Å². The maximum absolute atomic E-state index is 13.9. The zero-order valence-electron chi connectivity index (χ0n) is 9.30. The zero-order valence-corrected chi connectivity index (χ0v) is 10.9. The number of benzene rings is 1. The van der Waals surface area contributed by atoms with Crippen molar-refractivity contribution in [1.29, 1.82) is 0 Å². The molecule has 1 aromatic rings. The van der Waals surface area contributed by atoms with Crippen LogP contribution >= 0.6 is 15.9 Å². The summed E-state index contributed by atoms with van der Waals surface area (Å²) in [6.07, 6.45) is 1.90. The molecule has 17 heavy (non-hydrogen) atoms. The van der Waals surface area contributed by atoms with Gasteiger partial charge in [0.25, 0.3) is 0 Å². The highest BCUT2D eigenvalue weighted by atomic mass is 79.9. The molecule has 0 aliphatic heterocycles. The van der Waals surface area contributed by atoms with Gasteiger partial charge in [-0.2, -0.15) is 0 Å². The SMILES string of the molecule is COc1c(C2(C(=O)O)CCC2)ccc(Br)c1F. The van der Waals surface area contributed by atoms with Crippen LogP contribution in [0.1, 0.15) is 24.8 Å². The molecule has 0 heterocycles. The molecule has 2 rings (SSSR count). The minimum Gasteiger partial charge on any atom is -0.493 e. The summed E-state index contributed by atoms with van der Waals surface area (Å²) in [4.78, 5) is 11.4. The lowest BCUT2D eigenvalue weighted by atomic mass is 9.64. The summed E-state index contributed by atoms with van der Waals surface area (Å²) in [5.41, 5.74) is -0.549. The molecule has 5 heteroatoms. The standard InChI is InChI=1S/C12H12BrFO3/c1-17-10-7(3-4-8(13)9(10)14)12(11(15)16)5-2-6-12/h3-4H,2,5-6H2,1H3,(H,15,16). The van der Waals surface area contributed by atoms with Crippen molar-refractivity contribution in [2.24, 2.45) is 0 Å². The van der Waals surface area contributed by atoms with Crippen molar-refractivity contribution in [1.82, 2.24) is 0 Å². The number of methoxy groups -OCH3 is 1. The van der Waals surface area contributed by atoms with Crippen molar-refractivity contribution in [3.63, 3.8) is 0 Å². The van der Waals surface area contributed by atoms with Crippen LogP contribution in [0, 0.1) is 5.82 Å². The van der Waals surface area contributed by atoms with Gasteiger partial charge in [-0.1, -0.05) is 12.5 Å². The summed E-state index contributed by atoms with van der Waals surface area (Å²) < 4.78 is 19.1. The lowest BCUT2D eigenvalue weighted by Gasteiger charge is -2.38. The Balaban J connectivity index is 2.59. The summed E-state index contributed by atoms with van der Waals surface area (Å²) in [6.45, 7) is 0. The Morgan fingerprint density at radius 3 is 2.59 bits per heavy atom. The summed E-state index contributed by atoms with van der Waals surface area (Å²) in [5, 5.41) is 9.33. The molecule has 3 nitrogen and oxygen atoms in total. The van der Waals surface area contributed by atoms with Crippen LogP contribution < -0.4 is 4.74 Å². The Labute approximate surface area is 107 Å². The van der Waals surface area contributed by atoms with Gasteiger partial charge in [-0.3, -0.25) is 4.79 Å². The van der Waals surface area contributed by atoms with Crippen molar-refractivity contribution >= 4 is 21.9 Å². The Hall–Kier alpha value is -1.10. The van der Waals surface area contributed by atoms with Crippen molar-refractivity contribution in [2.75, 3.05) is 7.11 Å². The van der Waals surface area contributed by atoms with E-state index in [2.05, 4.69) is 15.9 Å². The molecule has 1 aliphatic carbocycles. The molecule has 0 unspecified atom stereocenters. The lowest BCUT2D eigenvalue weighted by molar-refractivity contribution is -0.147. The Bertz CT molecular complexity index is 469. The van der Waals surface area contributed by atoms with Gasteiger partial charge < -0.3 is 9.84 Å². The van der Waals surface area contributed by atoms with E-state index < -0.39 is 17.2 Å². The molecule has 1 saturated carbocycles. The molecule has 0 aromatic heterocycles. The van der Waals surface area contributed by atoms with Crippen LogP contribution in [-0.2, 0) is 10.2 Å². The van der Waals surface area contributed by atoms with Crippen LogP contribution in [0.5, 0.6) is 5.75 Å². The molecule has 0 spiro atoms. The number of aliphatic carboxylic acids is 1. The predicted molar refractivity (Wildman–Crippen MR) is 63.8 cm³/mol. The van der Waals surface area contributed by atoms with E-state index in [4.69, 9.17) is 4.74 Å². The fourth-order valence-corrected chi connectivity index (χ4v) is 2.55. The number of carboxylic acids is 1. The molecule has 1 N–H and O–H groups in total. The molecular weight excluding hydrogens is 291 g/mol. The topological polar surface area (TPSA) is 46.5 Å². The summed E-state index contributed by atoms with van der Waals surface area (Å²) in [7, 11) is 1.35. The van der Waals surface area contributed by atoms with Crippen LogP contribution in [0.4, 0.5) is 4.39 Å². The average Bonchev–Trinajstić information content (AvgIpc) is 2.21. The van der Waals surface area contributed by atoms with Crippen LogP contribution in [0.3, 0.4) is 0 Å². The number of halogens is 2. The molecule has 92 valence electrons. The van der Waals surface area contributed by atoms with Gasteiger partial charge in [-0.15, -0.1) is 0 Å².